The molecule has 0 fully saturated rings. The monoisotopic (exact) mass is 235 g/mol. The number of hydrogen-bond donors (Lipinski definition) is 1. The molecule has 96 valence electrons. The quantitative estimate of drug-likeness (QED) is 0.748. The summed E-state index contributed by atoms with van der Waals surface area (Å²) in [6.07, 6.45) is 5.52. The average molecular weight is 235 g/mol. The molecule has 2 nitrogen and oxygen atoms in total. The van der Waals surface area contributed by atoms with Crippen LogP contribution in [0.4, 0.5) is 0 Å². The van der Waals surface area contributed by atoms with E-state index in [1.807, 2.05) is 0 Å². The molecule has 0 radical (unpaired) electrons. The van der Waals surface area contributed by atoms with E-state index in [0.717, 1.165) is 38.0 Å². The standard InChI is InChI=1S/C15H25NO/c1-3-12-17-15-10-8-13(9-11-15)6-5-7-14(16)4-2/h8-11,14H,3-7,12,16H2,1-2H3. The van der Waals surface area contributed by atoms with E-state index in [-0.39, 0.29) is 0 Å². The summed E-state index contributed by atoms with van der Waals surface area (Å²) in [5.41, 5.74) is 7.27. The third kappa shape index (κ3) is 5.73. The molecule has 0 saturated carbocycles. The normalized spacial score (nSPS) is 12.4. The molecule has 0 aliphatic rings. The minimum atomic E-state index is 0.363. The summed E-state index contributed by atoms with van der Waals surface area (Å²) in [4.78, 5) is 0. The molecule has 0 aromatic heterocycles. The maximum atomic E-state index is 5.90. The number of ether oxygens (including phenoxy) is 1. The molecule has 0 heterocycles. The summed E-state index contributed by atoms with van der Waals surface area (Å²) >= 11 is 0. The Hall–Kier alpha value is -1.02. The van der Waals surface area contributed by atoms with Crippen molar-refractivity contribution in [2.75, 3.05) is 6.61 Å². The molecule has 0 bridgehead atoms. The van der Waals surface area contributed by atoms with Crippen LogP contribution in [0.1, 0.15) is 45.1 Å². The number of rotatable bonds is 8. The van der Waals surface area contributed by atoms with Crippen molar-refractivity contribution < 1.29 is 4.74 Å². The van der Waals surface area contributed by atoms with E-state index in [1.54, 1.807) is 0 Å². The van der Waals surface area contributed by atoms with E-state index in [1.165, 1.54) is 12.0 Å². The van der Waals surface area contributed by atoms with Crippen LogP contribution in [0.25, 0.3) is 0 Å². The van der Waals surface area contributed by atoms with Crippen LogP contribution in [-0.4, -0.2) is 12.6 Å². The van der Waals surface area contributed by atoms with Crippen LogP contribution in [0.5, 0.6) is 5.75 Å². The zero-order chi connectivity index (χ0) is 12.5. The van der Waals surface area contributed by atoms with Crippen LogP contribution in [0.3, 0.4) is 0 Å². The van der Waals surface area contributed by atoms with Gasteiger partial charge >= 0.3 is 0 Å². The SMILES string of the molecule is CCCOc1ccc(CCCC(N)CC)cc1. The highest BCUT2D eigenvalue weighted by molar-refractivity contribution is 5.27. The van der Waals surface area contributed by atoms with Gasteiger partial charge in [-0.15, -0.1) is 0 Å². The van der Waals surface area contributed by atoms with Crippen molar-refractivity contribution in [1.82, 2.24) is 0 Å². The van der Waals surface area contributed by atoms with Crippen molar-refractivity contribution in [2.24, 2.45) is 5.73 Å². The lowest BCUT2D eigenvalue weighted by Crippen LogP contribution is -2.18. The van der Waals surface area contributed by atoms with E-state index in [0.29, 0.717) is 6.04 Å². The first-order chi connectivity index (χ1) is 8.26. The predicted molar refractivity (Wildman–Crippen MR) is 73.4 cm³/mol. The lowest BCUT2D eigenvalue weighted by atomic mass is 10.0. The summed E-state index contributed by atoms with van der Waals surface area (Å²) < 4.78 is 5.55. The van der Waals surface area contributed by atoms with Gasteiger partial charge in [-0.3, -0.25) is 0 Å². The summed E-state index contributed by atoms with van der Waals surface area (Å²) in [7, 11) is 0. The third-order valence-corrected chi connectivity index (χ3v) is 2.96. The molecule has 0 saturated heterocycles. The van der Waals surface area contributed by atoms with Crippen molar-refractivity contribution >= 4 is 0 Å². The molecule has 1 unspecified atom stereocenters. The molecular weight excluding hydrogens is 210 g/mol. The van der Waals surface area contributed by atoms with Gasteiger partial charge in [0.15, 0.2) is 0 Å². The molecule has 1 aromatic carbocycles. The van der Waals surface area contributed by atoms with E-state index < -0.39 is 0 Å². The van der Waals surface area contributed by atoms with Crippen molar-refractivity contribution in [2.45, 2.75) is 52.0 Å². The fraction of sp³-hybridized carbons (Fsp3) is 0.600. The molecule has 2 N–H and O–H groups in total. The van der Waals surface area contributed by atoms with Gasteiger partial charge in [0.05, 0.1) is 6.61 Å². The molecule has 1 aromatic rings. The first kappa shape index (κ1) is 14.0. The van der Waals surface area contributed by atoms with Gasteiger partial charge in [-0.2, -0.15) is 0 Å². The zero-order valence-electron chi connectivity index (χ0n) is 11.1. The number of benzene rings is 1. The summed E-state index contributed by atoms with van der Waals surface area (Å²) in [5.74, 6) is 0.973. The Balaban J connectivity index is 2.30. The molecule has 0 amide bonds. The number of nitrogens with two attached hydrogens (primary N) is 1. The molecule has 2 heteroatoms. The highest BCUT2D eigenvalue weighted by Crippen LogP contribution is 2.14. The van der Waals surface area contributed by atoms with Gasteiger partial charge in [-0.25, -0.2) is 0 Å². The number of aryl methyl sites for hydroxylation is 1. The fourth-order valence-electron chi connectivity index (χ4n) is 1.74. The van der Waals surface area contributed by atoms with Gasteiger partial charge in [0.2, 0.25) is 0 Å². The molecule has 0 aliphatic heterocycles. The maximum Gasteiger partial charge on any atom is 0.119 e. The van der Waals surface area contributed by atoms with Crippen LogP contribution in [0, 0.1) is 0 Å². The Morgan fingerprint density at radius 3 is 2.47 bits per heavy atom. The van der Waals surface area contributed by atoms with Gasteiger partial charge in [0.1, 0.15) is 5.75 Å². The predicted octanol–water partition coefficient (Wildman–Crippen LogP) is 3.54. The first-order valence-corrected chi connectivity index (χ1v) is 6.73. The Morgan fingerprint density at radius 1 is 1.18 bits per heavy atom. The van der Waals surface area contributed by atoms with Crippen LogP contribution in [-0.2, 0) is 6.42 Å². The smallest absolute Gasteiger partial charge is 0.119 e. The average Bonchev–Trinajstić information content (AvgIpc) is 2.37. The topological polar surface area (TPSA) is 35.2 Å². The summed E-state index contributed by atoms with van der Waals surface area (Å²) in [5, 5.41) is 0. The molecule has 1 rings (SSSR count). The highest BCUT2D eigenvalue weighted by Gasteiger charge is 2.00. The van der Waals surface area contributed by atoms with Crippen LogP contribution < -0.4 is 10.5 Å². The van der Waals surface area contributed by atoms with Crippen molar-refractivity contribution in [3.63, 3.8) is 0 Å². The molecule has 17 heavy (non-hydrogen) atoms. The maximum absolute atomic E-state index is 5.90. The lowest BCUT2D eigenvalue weighted by molar-refractivity contribution is 0.317. The highest BCUT2D eigenvalue weighted by atomic mass is 16.5. The second-order valence-electron chi connectivity index (χ2n) is 4.55. The van der Waals surface area contributed by atoms with Crippen molar-refractivity contribution in [1.29, 1.82) is 0 Å². The second-order valence-corrected chi connectivity index (χ2v) is 4.55. The molecule has 0 spiro atoms. The second kappa shape index (κ2) is 8.13. The molecule has 0 aliphatic carbocycles. The van der Waals surface area contributed by atoms with E-state index >= 15 is 0 Å². The van der Waals surface area contributed by atoms with Crippen LogP contribution in [0.15, 0.2) is 24.3 Å². The third-order valence-electron chi connectivity index (χ3n) is 2.96. The van der Waals surface area contributed by atoms with Gasteiger partial charge in [-0.1, -0.05) is 26.0 Å². The lowest BCUT2D eigenvalue weighted by Gasteiger charge is -2.09. The van der Waals surface area contributed by atoms with Crippen LogP contribution >= 0.6 is 0 Å². The van der Waals surface area contributed by atoms with Crippen LogP contribution in [0.2, 0.25) is 0 Å². The Bertz CT molecular complexity index is 294. The van der Waals surface area contributed by atoms with Crippen molar-refractivity contribution in [3.05, 3.63) is 29.8 Å². The summed E-state index contributed by atoms with van der Waals surface area (Å²) in [6, 6.07) is 8.79. The largest absolute Gasteiger partial charge is 0.494 e. The van der Waals surface area contributed by atoms with E-state index in [9.17, 15) is 0 Å². The van der Waals surface area contributed by atoms with Gasteiger partial charge < -0.3 is 10.5 Å². The Labute approximate surface area is 105 Å². The van der Waals surface area contributed by atoms with Crippen molar-refractivity contribution in [3.8, 4) is 5.75 Å². The minimum Gasteiger partial charge on any atom is -0.494 e. The van der Waals surface area contributed by atoms with Gasteiger partial charge in [0.25, 0.3) is 0 Å². The Kier molecular flexibility index (Phi) is 6.71. The van der Waals surface area contributed by atoms with E-state index in [2.05, 4.69) is 38.1 Å². The van der Waals surface area contributed by atoms with Gasteiger partial charge in [-0.05, 0) is 49.8 Å². The molecule has 1 atom stereocenters. The zero-order valence-corrected chi connectivity index (χ0v) is 11.1. The fourth-order valence-corrected chi connectivity index (χ4v) is 1.74. The Morgan fingerprint density at radius 2 is 1.88 bits per heavy atom. The minimum absolute atomic E-state index is 0.363. The molecular formula is C15H25NO. The number of hydrogen-bond acceptors (Lipinski definition) is 2. The van der Waals surface area contributed by atoms with E-state index in [4.69, 9.17) is 10.5 Å². The first-order valence-electron chi connectivity index (χ1n) is 6.73. The summed E-state index contributed by atoms with van der Waals surface area (Å²) in [6.45, 7) is 5.06. The van der Waals surface area contributed by atoms with Gasteiger partial charge in [0, 0.05) is 6.04 Å².